The zero-order valence-corrected chi connectivity index (χ0v) is 19.5. The first-order chi connectivity index (χ1) is 15.5. The Morgan fingerprint density at radius 2 is 1.84 bits per heavy atom. The van der Waals surface area contributed by atoms with Crippen molar-refractivity contribution < 1.29 is 14.3 Å². The lowest BCUT2D eigenvalue weighted by molar-refractivity contribution is -0.124. The lowest BCUT2D eigenvalue weighted by Crippen LogP contribution is -2.45. The highest BCUT2D eigenvalue weighted by Crippen LogP contribution is 2.31. The van der Waals surface area contributed by atoms with Crippen LogP contribution in [0, 0.1) is 11.8 Å². The zero-order chi connectivity index (χ0) is 23.5. The summed E-state index contributed by atoms with van der Waals surface area (Å²) in [5, 5.41) is 1.30. The lowest BCUT2D eigenvalue weighted by Gasteiger charge is -2.25. The van der Waals surface area contributed by atoms with Gasteiger partial charge in [0.1, 0.15) is 5.75 Å². The molecule has 0 saturated heterocycles. The predicted molar refractivity (Wildman–Crippen MR) is 132 cm³/mol. The number of rotatable bonds is 12. The topological polar surface area (TPSA) is 58.6 Å². The fraction of sp³-hybridized carbons (Fsp3) is 0.333. The van der Waals surface area contributed by atoms with Gasteiger partial charge in [0.15, 0.2) is 0 Å². The van der Waals surface area contributed by atoms with Gasteiger partial charge >= 0.3 is 0 Å². The minimum Gasteiger partial charge on any atom is -0.493 e. The molecule has 2 atom stereocenters. The number of amides is 2. The van der Waals surface area contributed by atoms with Gasteiger partial charge in [0, 0.05) is 11.5 Å². The summed E-state index contributed by atoms with van der Waals surface area (Å²) in [6.07, 6.45) is 8.16. The summed E-state index contributed by atoms with van der Waals surface area (Å²) >= 11 is 0. The van der Waals surface area contributed by atoms with E-state index in [2.05, 4.69) is 38.0 Å². The Labute approximate surface area is 191 Å². The van der Waals surface area contributed by atoms with Crippen molar-refractivity contribution in [2.24, 2.45) is 11.8 Å². The van der Waals surface area contributed by atoms with Crippen molar-refractivity contribution in [3.63, 3.8) is 0 Å². The molecule has 32 heavy (non-hydrogen) atoms. The number of hydrazine groups is 1. The van der Waals surface area contributed by atoms with Crippen molar-refractivity contribution in [1.29, 1.82) is 0 Å². The van der Waals surface area contributed by atoms with Gasteiger partial charge in [0.25, 0.3) is 0 Å². The molecule has 170 valence electrons. The van der Waals surface area contributed by atoms with Gasteiger partial charge in [-0.05, 0) is 48.6 Å². The van der Waals surface area contributed by atoms with Crippen LogP contribution in [0.2, 0.25) is 0 Å². The molecular formula is C27H34N2O3. The van der Waals surface area contributed by atoms with E-state index in [9.17, 15) is 9.59 Å². The van der Waals surface area contributed by atoms with Gasteiger partial charge in [-0.3, -0.25) is 15.0 Å². The normalized spacial score (nSPS) is 12.8. The van der Waals surface area contributed by atoms with Crippen molar-refractivity contribution >= 4 is 30.2 Å². The van der Waals surface area contributed by atoms with Crippen LogP contribution in [0.25, 0.3) is 12.2 Å². The van der Waals surface area contributed by atoms with Crippen LogP contribution in [0.4, 0.5) is 5.69 Å². The molecule has 0 aliphatic heterocycles. The number of anilines is 1. The smallest absolute Gasteiger partial charge is 0.248 e. The van der Waals surface area contributed by atoms with Crippen molar-refractivity contribution in [3.8, 4) is 5.75 Å². The average molecular weight is 435 g/mol. The van der Waals surface area contributed by atoms with Crippen LogP contribution in [-0.4, -0.2) is 18.9 Å². The summed E-state index contributed by atoms with van der Waals surface area (Å²) in [4.78, 5) is 24.3. The fourth-order valence-corrected chi connectivity index (χ4v) is 3.46. The number of hydrogen-bond donors (Lipinski definition) is 1. The molecule has 5 nitrogen and oxygen atoms in total. The minimum atomic E-state index is -0.370. The summed E-state index contributed by atoms with van der Waals surface area (Å²) in [5.74, 6) is 0.688. The SMILES string of the molecule is C=Cc1c(CC(C)C(=O)N(NC=O)c2ccccc2)ccc(OCC)c1/C=C\C(C)CC. The van der Waals surface area contributed by atoms with E-state index in [1.54, 1.807) is 12.1 Å². The van der Waals surface area contributed by atoms with Gasteiger partial charge in [0.05, 0.1) is 12.3 Å². The number of carbonyl (C=O) groups is 2. The molecule has 0 aromatic heterocycles. The average Bonchev–Trinajstić information content (AvgIpc) is 2.82. The van der Waals surface area contributed by atoms with Crippen molar-refractivity contribution in [2.75, 3.05) is 11.6 Å². The zero-order valence-electron chi connectivity index (χ0n) is 19.5. The van der Waals surface area contributed by atoms with E-state index >= 15 is 0 Å². The first-order valence-corrected chi connectivity index (χ1v) is 11.1. The second kappa shape index (κ2) is 12.5. The molecule has 5 heteroatoms. The van der Waals surface area contributed by atoms with E-state index in [4.69, 9.17) is 4.74 Å². The Morgan fingerprint density at radius 3 is 2.44 bits per heavy atom. The van der Waals surface area contributed by atoms with E-state index in [0.29, 0.717) is 31.0 Å². The summed E-state index contributed by atoms with van der Waals surface area (Å²) in [5.41, 5.74) is 6.08. The Kier molecular flexibility index (Phi) is 9.74. The van der Waals surface area contributed by atoms with E-state index in [1.165, 1.54) is 5.01 Å². The van der Waals surface area contributed by atoms with Crippen LogP contribution in [0.3, 0.4) is 0 Å². The molecule has 0 heterocycles. The third kappa shape index (κ3) is 6.33. The predicted octanol–water partition coefficient (Wildman–Crippen LogP) is 5.66. The highest BCUT2D eigenvalue weighted by Gasteiger charge is 2.23. The van der Waals surface area contributed by atoms with E-state index < -0.39 is 0 Å². The summed E-state index contributed by atoms with van der Waals surface area (Å²) in [6, 6.07) is 13.0. The third-order valence-corrected chi connectivity index (χ3v) is 5.44. The molecule has 2 aromatic carbocycles. The van der Waals surface area contributed by atoms with Gasteiger partial charge < -0.3 is 4.74 Å². The minimum absolute atomic E-state index is 0.191. The first-order valence-electron chi connectivity index (χ1n) is 11.1. The standard InChI is InChI=1S/C27H34N2O3/c1-6-20(4)14-16-25-24(7-2)22(15-17-26(25)32-8-3)18-21(5)27(31)29(28-19-30)23-12-10-9-11-13-23/h7,9-17,19-21H,2,6,8,18H2,1,3-5H3,(H,28,30)/b16-14-. The molecule has 0 saturated carbocycles. The second-order valence-electron chi connectivity index (χ2n) is 7.79. The number of allylic oxidation sites excluding steroid dienone is 1. The number of nitrogens with one attached hydrogen (secondary N) is 1. The maximum Gasteiger partial charge on any atom is 0.248 e. The molecule has 0 aliphatic rings. The van der Waals surface area contributed by atoms with Gasteiger partial charge in [-0.25, -0.2) is 5.01 Å². The number of carbonyl (C=O) groups excluding carboxylic acids is 2. The lowest BCUT2D eigenvalue weighted by atomic mass is 9.91. The van der Waals surface area contributed by atoms with Gasteiger partial charge in [0.2, 0.25) is 12.3 Å². The third-order valence-electron chi connectivity index (χ3n) is 5.44. The maximum absolute atomic E-state index is 13.2. The first kappa shape index (κ1) is 24.9. The van der Waals surface area contributed by atoms with E-state index in [1.807, 2.05) is 50.3 Å². The van der Waals surface area contributed by atoms with Crippen molar-refractivity contribution in [1.82, 2.24) is 5.43 Å². The number of nitrogens with zero attached hydrogens (tertiary/aromatic N) is 1. The number of para-hydroxylation sites is 1. The van der Waals surface area contributed by atoms with Crippen LogP contribution in [0.15, 0.2) is 55.1 Å². The Balaban J connectivity index is 2.37. The molecule has 0 spiro atoms. The Morgan fingerprint density at radius 1 is 1.12 bits per heavy atom. The molecule has 2 amide bonds. The molecule has 2 aromatic rings. The molecule has 0 fully saturated rings. The highest BCUT2D eigenvalue weighted by molar-refractivity contribution is 5.95. The van der Waals surface area contributed by atoms with Crippen molar-refractivity contribution in [3.05, 3.63) is 71.8 Å². The molecule has 0 radical (unpaired) electrons. The Bertz CT molecular complexity index is 937. The monoisotopic (exact) mass is 434 g/mol. The van der Waals surface area contributed by atoms with Crippen LogP contribution in [0.1, 0.15) is 50.8 Å². The molecule has 2 unspecified atom stereocenters. The van der Waals surface area contributed by atoms with Crippen LogP contribution in [0.5, 0.6) is 5.75 Å². The second-order valence-corrected chi connectivity index (χ2v) is 7.79. The quantitative estimate of drug-likeness (QED) is 0.346. The van der Waals surface area contributed by atoms with E-state index in [-0.39, 0.29) is 11.8 Å². The fourth-order valence-electron chi connectivity index (χ4n) is 3.46. The maximum atomic E-state index is 13.2. The van der Waals surface area contributed by atoms with E-state index in [0.717, 1.165) is 28.9 Å². The molecular weight excluding hydrogens is 400 g/mol. The van der Waals surface area contributed by atoms with Crippen LogP contribution in [-0.2, 0) is 16.0 Å². The van der Waals surface area contributed by atoms with Gasteiger partial charge in [-0.15, -0.1) is 0 Å². The Hall–Kier alpha value is -3.34. The summed E-state index contributed by atoms with van der Waals surface area (Å²) < 4.78 is 5.86. The van der Waals surface area contributed by atoms with Gasteiger partial charge in [-0.2, -0.15) is 0 Å². The molecule has 2 rings (SSSR count). The molecule has 0 bridgehead atoms. The number of benzene rings is 2. The largest absolute Gasteiger partial charge is 0.493 e. The van der Waals surface area contributed by atoms with Crippen LogP contribution < -0.4 is 15.2 Å². The number of ether oxygens (including phenoxy) is 1. The summed E-state index contributed by atoms with van der Waals surface area (Å²) in [6.45, 7) is 12.7. The van der Waals surface area contributed by atoms with Crippen LogP contribution >= 0.6 is 0 Å². The molecule has 1 N–H and O–H groups in total. The number of hydrogen-bond acceptors (Lipinski definition) is 3. The van der Waals surface area contributed by atoms with Gasteiger partial charge in [-0.1, -0.05) is 76.3 Å². The van der Waals surface area contributed by atoms with Crippen molar-refractivity contribution in [2.45, 2.75) is 40.5 Å². The summed E-state index contributed by atoms with van der Waals surface area (Å²) in [7, 11) is 0. The highest BCUT2D eigenvalue weighted by atomic mass is 16.5. The molecule has 0 aliphatic carbocycles.